The molecule has 1 saturated heterocycles. The molecule has 7 heteroatoms. The Morgan fingerprint density at radius 2 is 1.94 bits per heavy atom. The number of aliphatic carboxylic acids is 1. The summed E-state index contributed by atoms with van der Waals surface area (Å²) in [6.45, 7) is 0.726. The summed E-state index contributed by atoms with van der Waals surface area (Å²) in [5.74, 6) is -3.15. The molecule has 17 heavy (non-hydrogen) atoms. The van der Waals surface area contributed by atoms with E-state index < -0.39 is 23.3 Å². The summed E-state index contributed by atoms with van der Waals surface area (Å²) in [4.78, 5) is 33.0. The minimum Gasteiger partial charge on any atom is -0.474 e. The van der Waals surface area contributed by atoms with Crippen molar-refractivity contribution in [2.45, 2.75) is 12.8 Å². The average molecular weight is 245 g/mol. The Balaban J connectivity index is 2.67. The average Bonchev–Trinajstić information content (AvgIpc) is 2.35. The molecule has 96 valence electrons. The number of rotatable bonds is 3. The second-order valence-electron chi connectivity index (χ2n) is 3.87. The molecule has 1 heterocycles. The van der Waals surface area contributed by atoms with Crippen LogP contribution in [0.2, 0.25) is 0 Å². The number of ether oxygens (including phenoxy) is 2. The molecule has 0 unspecified atom stereocenters. The van der Waals surface area contributed by atoms with Gasteiger partial charge in [-0.25, -0.2) is 4.79 Å². The summed E-state index contributed by atoms with van der Waals surface area (Å²) in [6, 6.07) is 0. The number of hydrogen-bond acceptors (Lipinski definition) is 5. The van der Waals surface area contributed by atoms with Crippen molar-refractivity contribution in [2.24, 2.45) is 5.41 Å². The minimum absolute atomic E-state index is 0.0475. The molecule has 0 aromatic heterocycles. The van der Waals surface area contributed by atoms with Crippen LogP contribution in [0, 0.1) is 5.41 Å². The first kappa shape index (κ1) is 13.4. The second kappa shape index (κ2) is 5.62. The fraction of sp³-hybridized carbons (Fsp3) is 0.700. The van der Waals surface area contributed by atoms with Gasteiger partial charge in [-0.05, 0) is 12.8 Å². The predicted molar refractivity (Wildman–Crippen MR) is 55.1 cm³/mol. The maximum absolute atomic E-state index is 11.7. The summed E-state index contributed by atoms with van der Waals surface area (Å²) in [5.41, 5.74) is -0.877. The highest BCUT2D eigenvalue weighted by Gasteiger charge is 2.41. The zero-order valence-electron chi connectivity index (χ0n) is 9.52. The topological polar surface area (TPSA) is 102 Å². The van der Waals surface area contributed by atoms with Crippen molar-refractivity contribution in [3.05, 3.63) is 0 Å². The molecule has 7 nitrogen and oxygen atoms in total. The maximum Gasteiger partial charge on any atom is 0.394 e. The van der Waals surface area contributed by atoms with Crippen molar-refractivity contribution in [1.82, 2.24) is 5.32 Å². The van der Waals surface area contributed by atoms with Crippen molar-refractivity contribution in [2.75, 3.05) is 26.9 Å². The lowest BCUT2D eigenvalue weighted by atomic mass is 9.80. The van der Waals surface area contributed by atoms with Crippen LogP contribution >= 0.6 is 0 Å². The van der Waals surface area contributed by atoms with Crippen LogP contribution in [0.4, 0.5) is 0 Å². The van der Waals surface area contributed by atoms with Crippen LogP contribution < -0.4 is 5.32 Å². The molecular formula is C10H15NO6. The molecule has 1 aliphatic heterocycles. The van der Waals surface area contributed by atoms with Gasteiger partial charge in [-0.15, -0.1) is 0 Å². The van der Waals surface area contributed by atoms with E-state index >= 15 is 0 Å². The molecule has 1 aliphatic rings. The number of esters is 1. The highest BCUT2D eigenvalue weighted by molar-refractivity contribution is 6.31. The van der Waals surface area contributed by atoms with Gasteiger partial charge in [0.1, 0.15) is 0 Å². The van der Waals surface area contributed by atoms with Crippen LogP contribution in [-0.4, -0.2) is 49.8 Å². The highest BCUT2D eigenvalue weighted by Crippen LogP contribution is 2.31. The van der Waals surface area contributed by atoms with E-state index in [1.807, 2.05) is 0 Å². The Morgan fingerprint density at radius 1 is 1.35 bits per heavy atom. The number of amides is 1. The lowest BCUT2D eigenvalue weighted by Crippen LogP contribution is -2.48. The molecular weight excluding hydrogens is 230 g/mol. The van der Waals surface area contributed by atoms with Gasteiger partial charge >= 0.3 is 17.8 Å². The van der Waals surface area contributed by atoms with Gasteiger partial charge in [-0.3, -0.25) is 9.59 Å². The SMILES string of the molecule is COC(=O)C1(CNC(=O)C(=O)O)CCOCC1. The van der Waals surface area contributed by atoms with Gasteiger partial charge in [0.25, 0.3) is 0 Å². The van der Waals surface area contributed by atoms with E-state index in [2.05, 4.69) is 5.32 Å². The summed E-state index contributed by atoms with van der Waals surface area (Å²) >= 11 is 0. The molecule has 0 aromatic rings. The van der Waals surface area contributed by atoms with Crippen LogP contribution in [0.1, 0.15) is 12.8 Å². The summed E-state index contributed by atoms with van der Waals surface area (Å²) in [5, 5.41) is 10.7. The molecule has 0 saturated carbocycles. The summed E-state index contributed by atoms with van der Waals surface area (Å²) < 4.78 is 9.83. The fourth-order valence-corrected chi connectivity index (χ4v) is 1.76. The molecule has 0 aromatic carbocycles. The van der Waals surface area contributed by atoms with Gasteiger partial charge in [0, 0.05) is 19.8 Å². The normalized spacial score (nSPS) is 18.2. The largest absolute Gasteiger partial charge is 0.474 e. The molecule has 0 bridgehead atoms. The van der Waals surface area contributed by atoms with Crippen molar-refractivity contribution in [3.63, 3.8) is 0 Å². The number of carbonyl (C=O) groups is 3. The Labute approximate surface area is 98.1 Å². The zero-order valence-corrected chi connectivity index (χ0v) is 9.52. The molecule has 1 amide bonds. The smallest absolute Gasteiger partial charge is 0.394 e. The molecule has 0 spiro atoms. The quantitative estimate of drug-likeness (QED) is 0.496. The van der Waals surface area contributed by atoms with E-state index in [0.717, 1.165) is 0 Å². The molecule has 0 radical (unpaired) electrons. The van der Waals surface area contributed by atoms with Gasteiger partial charge < -0.3 is 19.9 Å². The molecule has 0 aliphatic carbocycles. The number of carboxylic acid groups (broad SMARTS) is 1. The molecule has 0 atom stereocenters. The van der Waals surface area contributed by atoms with Gasteiger partial charge in [0.05, 0.1) is 12.5 Å². The highest BCUT2D eigenvalue weighted by atomic mass is 16.5. The Kier molecular flexibility index (Phi) is 4.45. The van der Waals surface area contributed by atoms with Crippen molar-refractivity contribution in [1.29, 1.82) is 0 Å². The van der Waals surface area contributed by atoms with Gasteiger partial charge in [0.2, 0.25) is 0 Å². The second-order valence-corrected chi connectivity index (χ2v) is 3.87. The van der Waals surface area contributed by atoms with Crippen LogP contribution in [-0.2, 0) is 23.9 Å². The van der Waals surface area contributed by atoms with E-state index in [1.54, 1.807) is 0 Å². The molecule has 1 rings (SSSR count). The summed E-state index contributed by atoms with van der Waals surface area (Å²) in [7, 11) is 1.26. The molecule has 1 fully saturated rings. The van der Waals surface area contributed by atoms with E-state index in [9.17, 15) is 14.4 Å². The molecule has 2 N–H and O–H groups in total. The van der Waals surface area contributed by atoms with Gasteiger partial charge in [-0.1, -0.05) is 0 Å². The summed E-state index contributed by atoms with van der Waals surface area (Å²) in [6.07, 6.45) is 0.805. The van der Waals surface area contributed by atoms with E-state index in [4.69, 9.17) is 14.6 Å². The van der Waals surface area contributed by atoms with Gasteiger partial charge in [0.15, 0.2) is 0 Å². The number of carbonyl (C=O) groups excluding carboxylic acids is 2. The Hall–Kier alpha value is -1.63. The first-order chi connectivity index (χ1) is 8.02. The van der Waals surface area contributed by atoms with Crippen molar-refractivity contribution < 1.29 is 29.0 Å². The number of carboxylic acids is 1. The van der Waals surface area contributed by atoms with E-state index in [0.29, 0.717) is 26.1 Å². The lowest BCUT2D eigenvalue weighted by Gasteiger charge is -2.34. The third-order valence-electron chi connectivity index (χ3n) is 2.85. The van der Waals surface area contributed by atoms with Crippen LogP contribution in [0.25, 0.3) is 0 Å². The first-order valence-electron chi connectivity index (χ1n) is 5.19. The Morgan fingerprint density at radius 3 is 2.41 bits per heavy atom. The van der Waals surface area contributed by atoms with Crippen molar-refractivity contribution in [3.8, 4) is 0 Å². The van der Waals surface area contributed by atoms with Crippen LogP contribution in [0.3, 0.4) is 0 Å². The fourth-order valence-electron chi connectivity index (χ4n) is 1.76. The monoisotopic (exact) mass is 245 g/mol. The van der Waals surface area contributed by atoms with Crippen LogP contribution in [0.5, 0.6) is 0 Å². The van der Waals surface area contributed by atoms with Crippen LogP contribution in [0.15, 0.2) is 0 Å². The number of methoxy groups -OCH3 is 1. The van der Waals surface area contributed by atoms with Gasteiger partial charge in [-0.2, -0.15) is 0 Å². The van der Waals surface area contributed by atoms with Crippen molar-refractivity contribution >= 4 is 17.8 Å². The van der Waals surface area contributed by atoms with E-state index in [-0.39, 0.29) is 6.54 Å². The first-order valence-corrected chi connectivity index (χ1v) is 5.19. The number of nitrogens with one attached hydrogen (secondary N) is 1. The third kappa shape index (κ3) is 3.16. The lowest BCUT2D eigenvalue weighted by molar-refractivity contribution is -0.159. The van der Waals surface area contributed by atoms with E-state index in [1.165, 1.54) is 7.11 Å². The predicted octanol–water partition coefficient (Wildman–Crippen LogP) is -0.843. The Bertz CT molecular complexity index is 321. The standard InChI is InChI=1S/C10H15NO6/c1-16-9(15)10(2-4-17-5-3-10)6-11-7(12)8(13)14/h2-6H2,1H3,(H,11,12)(H,13,14). The minimum atomic E-state index is -1.57. The number of hydrogen-bond donors (Lipinski definition) is 2. The maximum atomic E-state index is 11.7. The third-order valence-corrected chi connectivity index (χ3v) is 2.85. The zero-order chi connectivity index (χ0) is 12.9.